The topological polar surface area (TPSA) is 58.1 Å². The molecule has 20 heavy (non-hydrogen) atoms. The summed E-state index contributed by atoms with van der Waals surface area (Å²) in [5.74, 6) is 1.70. The highest BCUT2D eigenvalue weighted by Gasteiger charge is 2.32. The van der Waals surface area contributed by atoms with Gasteiger partial charge in [-0.3, -0.25) is 4.79 Å². The third-order valence-corrected chi connectivity index (χ3v) is 4.33. The minimum absolute atomic E-state index is 0.0637. The Kier molecular flexibility index (Phi) is 3.85. The molecule has 1 saturated heterocycles. The zero-order chi connectivity index (χ0) is 13.9. The Bertz CT molecular complexity index is 460. The molecule has 1 N–H and O–H groups in total. The number of carbonyl (C=O) groups is 1. The molecule has 2 heterocycles. The predicted octanol–water partition coefficient (Wildman–Crippen LogP) is 1.61. The second-order valence-corrected chi connectivity index (χ2v) is 5.97. The molecule has 0 aromatic carbocycles. The van der Waals surface area contributed by atoms with Crippen LogP contribution >= 0.6 is 0 Å². The SMILES string of the molecule is CC(NC(=O)C1CCCN(c2ncccn2)C1)C1CC1. The quantitative estimate of drug-likeness (QED) is 0.906. The maximum absolute atomic E-state index is 12.3. The van der Waals surface area contributed by atoms with Crippen molar-refractivity contribution in [1.82, 2.24) is 15.3 Å². The molecule has 1 aromatic heterocycles. The highest BCUT2D eigenvalue weighted by molar-refractivity contribution is 5.79. The van der Waals surface area contributed by atoms with Crippen LogP contribution < -0.4 is 10.2 Å². The first-order chi connectivity index (χ1) is 9.74. The number of amides is 1. The van der Waals surface area contributed by atoms with Crippen LogP contribution in [0.15, 0.2) is 18.5 Å². The summed E-state index contributed by atoms with van der Waals surface area (Å²) in [5.41, 5.74) is 0. The molecule has 1 amide bonds. The van der Waals surface area contributed by atoms with E-state index in [0.29, 0.717) is 12.0 Å². The number of rotatable bonds is 4. The summed E-state index contributed by atoms with van der Waals surface area (Å²) in [7, 11) is 0. The zero-order valence-corrected chi connectivity index (χ0v) is 12.0. The van der Waals surface area contributed by atoms with E-state index in [1.54, 1.807) is 12.4 Å². The molecule has 1 aliphatic heterocycles. The normalized spacial score (nSPS) is 24.2. The molecule has 5 nitrogen and oxygen atoms in total. The van der Waals surface area contributed by atoms with Crippen molar-refractivity contribution in [3.63, 3.8) is 0 Å². The molecule has 0 spiro atoms. The van der Waals surface area contributed by atoms with E-state index in [1.165, 1.54) is 12.8 Å². The molecule has 5 heteroatoms. The third-order valence-electron chi connectivity index (χ3n) is 4.33. The summed E-state index contributed by atoms with van der Waals surface area (Å²) in [6.07, 6.45) is 8.01. The van der Waals surface area contributed by atoms with Gasteiger partial charge in [0.15, 0.2) is 0 Å². The van der Waals surface area contributed by atoms with Crippen LogP contribution in [-0.2, 0) is 4.79 Å². The largest absolute Gasteiger partial charge is 0.353 e. The lowest BCUT2D eigenvalue weighted by Gasteiger charge is -2.32. The number of aromatic nitrogens is 2. The molecular formula is C15H22N4O. The van der Waals surface area contributed by atoms with Gasteiger partial charge in [-0.15, -0.1) is 0 Å². The fraction of sp³-hybridized carbons (Fsp3) is 0.667. The van der Waals surface area contributed by atoms with Crippen LogP contribution in [0.5, 0.6) is 0 Å². The summed E-state index contributed by atoms with van der Waals surface area (Å²) >= 11 is 0. The van der Waals surface area contributed by atoms with E-state index in [9.17, 15) is 4.79 Å². The minimum atomic E-state index is 0.0637. The molecule has 0 bridgehead atoms. The average Bonchev–Trinajstić information content (AvgIpc) is 3.33. The number of hydrogen-bond acceptors (Lipinski definition) is 4. The Labute approximate surface area is 119 Å². The lowest BCUT2D eigenvalue weighted by Crippen LogP contribution is -2.46. The predicted molar refractivity (Wildman–Crippen MR) is 77.3 cm³/mol. The summed E-state index contributed by atoms with van der Waals surface area (Å²) in [6.45, 7) is 3.79. The van der Waals surface area contributed by atoms with E-state index < -0.39 is 0 Å². The van der Waals surface area contributed by atoms with E-state index in [-0.39, 0.29) is 11.8 Å². The lowest BCUT2D eigenvalue weighted by atomic mass is 9.97. The van der Waals surface area contributed by atoms with Gasteiger partial charge in [-0.1, -0.05) is 0 Å². The number of piperidine rings is 1. The Morgan fingerprint density at radius 1 is 1.35 bits per heavy atom. The van der Waals surface area contributed by atoms with Gasteiger partial charge in [-0.2, -0.15) is 0 Å². The number of hydrogen-bond donors (Lipinski definition) is 1. The lowest BCUT2D eigenvalue weighted by molar-refractivity contribution is -0.126. The van der Waals surface area contributed by atoms with Gasteiger partial charge in [0, 0.05) is 31.5 Å². The van der Waals surface area contributed by atoms with Crippen LogP contribution in [0.2, 0.25) is 0 Å². The fourth-order valence-corrected chi connectivity index (χ4v) is 2.88. The molecule has 1 aliphatic carbocycles. The van der Waals surface area contributed by atoms with Crippen molar-refractivity contribution >= 4 is 11.9 Å². The third kappa shape index (κ3) is 3.08. The van der Waals surface area contributed by atoms with Crippen LogP contribution in [0.3, 0.4) is 0 Å². The van der Waals surface area contributed by atoms with Crippen molar-refractivity contribution < 1.29 is 4.79 Å². The number of nitrogens with one attached hydrogen (secondary N) is 1. The smallest absolute Gasteiger partial charge is 0.225 e. The second-order valence-electron chi connectivity index (χ2n) is 5.97. The standard InChI is InChI=1S/C15H22N4O/c1-11(12-5-6-12)18-14(20)13-4-2-9-19(10-13)15-16-7-3-8-17-15/h3,7-8,11-13H,2,4-6,9-10H2,1H3,(H,18,20). The molecular weight excluding hydrogens is 252 g/mol. The summed E-state index contributed by atoms with van der Waals surface area (Å²) in [5, 5.41) is 3.18. The Hall–Kier alpha value is -1.65. The average molecular weight is 274 g/mol. The first kappa shape index (κ1) is 13.3. The monoisotopic (exact) mass is 274 g/mol. The number of nitrogens with zero attached hydrogens (tertiary/aromatic N) is 3. The summed E-state index contributed by atoms with van der Waals surface area (Å²) in [6, 6.07) is 2.14. The van der Waals surface area contributed by atoms with Crippen LogP contribution in [0.1, 0.15) is 32.6 Å². The number of anilines is 1. The molecule has 2 unspecified atom stereocenters. The zero-order valence-electron chi connectivity index (χ0n) is 12.0. The highest BCUT2D eigenvalue weighted by atomic mass is 16.2. The van der Waals surface area contributed by atoms with Gasteiger partial charge in [-0.25, -0.2) is 9.97 Å². The maximum atomic E-state index is 12.3. The van der Waals surface area contributed by atoms with Crippen molar-refractivity contribution in [3.8, 4) is 0 Å². The van der Waals surface area contributed by atoms with Crippen molar-refractivity contribution in [1.29, 1.82) is 0 Å². The number of carbonyl (C=O) groups excluding carboxylic acids is 1. The fourth-order valence-electron chi connectivity index (χ4n) is 2.88. The van der Waals surface area contributed by atoms with E-state index in [1.807, 2.05) is 6.07 Å². The van der Waals surface area contributed by atoms with Crippen LogP contribution in [0.4, 0.5) is 5.95 Å². The summed E-state index contributed by atoms with van der Waals surface area (Å²) < 4.78 is 0. The Morgan fingerprint density at radius 3 is 2.80 bits per heavy atom. The molecule has 3 rings (SSSR count). The van der Waals surface area contributed by atoms with Gasteiger partial charge >= 0.3 is 0 Å². The molecule has 1 saturated carbocycles. The second kappa shape index (κ2) is 5.77. The highest BCUT2D eigenvalue weighted by Crippen LogP contribution is 2.32. The first-order valence-electron chi connectivity index (χ1n) is 7.56. The van der Waals surface area contributed by atoms with Crippen molar-refractivity contribution in [2.24, 2.45) is 11.8 Å². The van der Waals surface area contributed by atoms with Gasteiger partial charge in [0.25, 0.3) is 0 Å². The van der Waals surface area contributed by atoms with Gasteiger partial charge in [0.05, 0.1) is 5.92 Å². The molecule has 2 fully saturated rings. The van der Waals surface area contributed by atoms with Gasteiger partial charge < -0.3 is 10.2 Å². The molecule has 0 radical (unpaired) electrons. The van der Waals surface area contributed by atoms with Crippen LogP contribution in [0, 0.1) is 11.8 Å². The molecule has 2 atom stereocenters. The van der Waals surface area contributed by atoms with Gasteiger partial charge in [0.1, 0.15) is 0 Å². The maximum Gasteiger partial charge on any atom is 0.225 e. The van der Waals surface area contributed by atoms with Crippen LogP contribution in [-0.4, -0.2) is 35.0 Å². The van der Waals surface area contributed by atoms with E-state index in [2.05, 4.69) is 27.1 Å². The van der Waals surface area contributed by atoms with Crippen molar-refractivity contribution in [3.05, 3.63) is 18.5 Å². The molecule has 1 aromatic rings. The van der Waals surface area contributed by atoms with Gasteiger partial charge in [-0.05, 0) is 44.6 Å². The Balaban J connectivity index is 1.58. The van der Waals surface area contributed by atoms with Crippen molar-refractivity contribution in [2.75, 3.05) is 18.0 Å². The summed E-state index contributed by atoms with van der Waals surface area (Å²) in [4.78, 5) is 23.0. The van der Waals surface area contributed by atoms with Crippen LogP contribution in [0.25, 0.3) is 0 Å². The molecule has 108 valence electrons. The van der Waals surface area contributed by atoms with E-state index >= 15 is 0 Å². The van der Waals surface area contributed by atoms with Gasteiger partial charge in [0.2, 0.25) is 11.9 Å². The van der Waals surface area contributed by atoms with E-state index in [0.717, 1.165) is 31.9 Å². The Morgan fingerprint density at radius 2 is 2.10 bits per heavy atom. The van der Waals surface area contributed by atoms with E-state index in [4.69, 9.17) is 0 Å². The molecule has 2 aliphatic rings. The first-order valence-corrected chi connectivity index (χ1v) is 7.56. The minimum Gasteiger partial charge on any atom is -0.353 e. The van der Waals surface area contributed by atoms with Crippen molar-refractivity contribution in [2.45, 2.75) is 38.6 Å².